The summed E-state index contributed by atoms with van der Waals surface area (Å²) in [6.45, 7) is 6.43. The van der Waals surface area contributed by atoms with Gasteiger partial charge in [0.25, 0.3) is 0 Å². The molecule has 0 bridgehead atoms. The lowest BCUT2D eigenvalue weighted by Crippen LogP contribution is -2.30. The van der Waals surface area contributed by atoms with Crippen LogP contribution in [0.3, 0.4) is 0 Å². The molecule has 0 radical (unpaired) electrons. The number of rotatable bonds is 36. The number of esters is 3. The molecular weight excluding hydrogens is 612 g/mol. The largest absolute Gasteiger partial charge is 0.462 e. The lowest BCUT2D eigenvalue weighted by Gasteiger charge is -2.18. The fourth-order valence-corrected chi connectivity index (χ4v) is 5.62. The number of allylic oxidation sites excluding steroid dienone is 6. The van der Waals surface area contributed by atoms with Crippen LogP contribution in [-0.2, 0) is 28.6 Å². The van der Waals surface area contributed by atoms with Crippen LogP contribution in [0.25, 0.3) is 0 Å². The van der Waals surface area contributed by atoms with Gasteiger partial charge in [0.1, 0.15) is 13.2 Å². The van der Waals surface area contributed by atoms with E-state index < -0.39 is 6.10 Å². The molecule has 6 nitrogen and oxygen atoms in total. The van der Waals surface area contributed by atoms with E-state index in [2.05, 4.69) is 57.2 Å². The molecule has 0 amide bonds. The molecule has 0 fully saturated rings. The number of carbonyl (C=O) groups excluding carboxylic acids is 3. The highest BCUT2D eigenvalue weighted by molar-refractivity contribution is 5.71. The minimum Gasteiger partial charge on any atom is -0.462 e. The first-order chi connectivity index (χ1) is 24.0. The molecule has 1 atom stereocenters. The molecule has 0 rings (SSSR count). The lowest BCUT2D eigenvalue weighted by atomic mass is 10.1. The zero-order valence-electron chi connectivity index (χ0n) is 32.2. The minimum atomic E-state index is -0.771. The first-order valence-corrected chi connectivity index (χ1v) is 20.5. The molecule has 0 saturated heterocycles. The molecule has 0 spiro atoms. The van der Waals surface area contributed by atoms with Crippen LogP contribution in [0.1, 0.15) is 201 Å². The molecule has 0 aliphatic heterocycles. The van der Waals surface area contributed by atoms with Gasteiger partial charge in [-0.05, 0) is 38.5 Å². The van der Waals surface area contributed by atoms with Crippen LogP contribution in [0.2, 0.25) is 0 Å². The van der Waals surface area contributed by atoms with E-state index in [4.69, 9.17) is 14.2 Å². The van der Waals surface area contributed by atoms with E-state index >= 15 is 0 Å². The molecule has 0 heterocycles. The van der Waals surface area contributed by atoms with Crippen LogP contribution in [0.5, 0.6) is 0 Å². The summed E-state index contributed by atoms with van der Waals surface area (Å²) in [6.07, 6.45) is 41.3. The third kappa shape index (κ3) is 36.7. The van der Waals surface area contributed by atoms with E-state index in [9.17, 15) is 14.4 Å². The molecule has 49 heavy (non-hydrogen) atoms. The lowest BCUT2D eigenvalue weighted by molar-refractivity contribution is -0.167. The van der Waals surface area contributed by atoms with E-state index in [1.807, 2.05) is 0 Å². The molecule has 0 aromatic carbocycles. The van der Waals surface area contributed by atoms with Crippen molar-refractivity contribution in [3.05, 3.63) is 36.5 Å². The van der Waals surface area contributed by atoms with E-state index in [1.54, 1.807) is 0 Å². The number of hydrogen-bond donors (Lipinski definition) is 0. The summed E-state index contributed by atoms with van der Waals surface area (Å²) in [5.74, 6) is -0.906. The van der Waals surface area contributed by atoms with Crippen molar-refractivity contribution in [2.24, 2.45) is 0 Å². The smallest absolute Gasteiger partial charge is 0.306 e. The van der Waals surface area contributed by atoms with Crippen molar-refractivity contribution < 1.29 is 28.6 Å². The van der Waals surface area contributed by atoms with Gasteiger partial charge in [-0.1, -0.05) is 179 Å². The Bertz CT molecular complexity index is 845. The van der Waals surface area contributed by atoms with Crippen LogP contribution in [0, 0.1) is 0 Å². The summed E-state index contributed by atoms with van der Waals surface area (Å²) in [6, 6.07) is 0. The standard InChI is InChI=1S/C43H76O6/c1-4-7-10-13-16-19-20-21-22-25-27-30-33-36-42(45)48-39-40(49-43(46)37-34-31-28-24-18-15-12-9-6-3)38-47-41(44)35-32-29-26-23-17-14-11-8-5-2/h7,10,13,16,19-20,40H,4-6,8-9,11-12,14-15,17-18,21-39H2,1-3H3/b10-7-,16-13-,20-19-. The molecular formula is C43H76O6. The molecule has 0 aromatic heterocycles. The monoisotopic (exact) mass is 689 g/mol. The Labute approximate surface area is 302 Å². The SMILES string of the molecule is CC\C=C/C=C\C=C/CCCCCCCC(=O)OCC(COC(=O)CCCCCCCCCCC)OC(=O)CCCCCCCCCCC. The Morgan fingerprint density at radius 1 is 0.429 bits per heavy atom. The maximum absolute atomic E-state index is 12.6. The number of carbonyl (C=O) groups is 3. The van der Waals surface area contributed by atoms with Crippen molar-refractivity contribution in [2.45, 2.75) is 207 Å². The Kier molecular flexibility index (Phi) is 36.6. The highest BCUT2D eigenvalue weighted by atomic mass is 16.6. The first kappa shape index (κ1) is 46.6. The van der Waals surface area contributed by atoms with Gasteiger partial charge >= 0.3 is 17.9 Å². The normalized spacial score (nSPS) is 12.3. The van der Waals surface area contributed by atoms with E-state index in [1.165, 1.54) is 77.0 Å². The summed E-state index contributed by atoms with van der Waals surface area (Å²) in [7, 11) is 0. The minimum absolute atomic E-state index is 0.0767. The van der Waals surface area contributed by atoms with Crippen LogP contribution in [-0.4, -0.2) is 37.2 Å². The predicted molar refractivity (Wildman–Crippen MR) is 206 cm³/mol. The molecule has 0 N–H and O–H groups in total. The van der Waals surface area contributed by atoms with Crippen LogP contribution < -0.4 is 0 Å². The van der Waals surface area contributed by atoms with E-state index in [-0.39, 0.29) is 31.1 Å². The van der Waals surface area contributed by atoms with Crippen LogP contribution in [0.4, 0.5) is 0 Å². The predicted octanol–water partition coefficient (Wildman–Crippen LogP) is 12.6. The zero-order valence-corrected chi connectivity index (χ0v) is 32.2. The molecule has 0 aliphatic carbocycles. The van der Waals surface area contributed by atoms with Crippen molar-refractivity contribution in [3.8, 4) is 0 Å². The van der Waals surface area contributed by atoms with Crippen LogP contribution >= 0.6 is 0 Å². The van der Waals surface area contributed by atoms with Crippen LogP contribution in [0.15, 0.2) is 36.5 Å². The third-order valence-corrected chi connectivity index (χ3v) is 8.72. The molecule has 0 saturated carbocycles. The second-order valence-electron chi connectivity index (χ2n) is 13.6. The van der Waals surface area contributed by atoms with Crippen molar-refractivity contribution in [2.75, 3.05) is 13.2 Å². The summed E-state index contributed by atoms with van der Waals surface area (Å²) >= 11 is 0. The number of ether oxygens (including phenoxy) is 3. The fourth-order valence-electron chi connectivity index (χ4n) is 5.62. The maximum atomic E-state index is 12.6. The van der Waals surface area contributed by atoms with Gasteiger partial charge in [-0.25, -0.2) is 0 Å². The fraction of sp³-hybridized carbons (Fsp3) is 0.791. The quantitative estimate of drug-likeness (QED) is 0.0282. The molecule has 0 aromatic rings. The van der Waals surface area contributed by atoms with Gasteiger partial charge in [-0.2, -0.15) is 0 Å². The molecule has 6 heteroatoms. The van der Waals surface area contributed by atoms with Gasteiger partial charge in [0, 0.05) is 19.3 Å². The van der Waals surface area contributed by atoms with Gasteiger partial charge in [-0.15, -0.1) is 0 Å². The Hall–Kier alpha value is -2.37. The molecule has 0 aliphatic rings. The summed E-state index contributed by atoms with van der Waals surface area (Å²) in [5.41, 5.74) is 0. The Balaban J connectivity index is 4.38. The van der Waals surface area contributed by atoms with Crippen molar-refractivity contribution in [1.29, 1.82) is 0 Å². The van der Waals surface area contributed by atoms with Gasteiger partial charge in [0.05, 0.1) is 0 Å². The van der Waals surface area contributed by atoms with Crippen molar-refractivity contribution in [3.63, 3.8) is 0 Å². The summed E-state index contributed by atoms with van der Waals surface area (Å²) in [5, 5.41) is 0. The van der Waals surface area contributed by atoms with Gasteiger partial charge < -0.3 is 14.2 Å². The van der Waals surface area contributed by atoms with E-state index in [0.29, 0.717) is 19.3 Å². The second-order valence-corrected chi connectivity index (χ2v) is 13.6. The Morgan fingerprint density at radius 2 is 0.796 bits per heavy atom. The highest BCUT2D eigenvalue weighted by Crippen LogP contribution is 2.14. The van der Waals surface area contributed by atoms with Gasteiger partial charge in [0.2, 0.25) is 0 Å². The average molecular weight is 689 g/mol. The summed E-state index contributed by atoms with van der Waals surface area (Å²) < 4.78 is 16.6. The average Bonchev–Trinajstić information content (AvgIpc) is 3.10. The third-order valence-electron chi connectivity index (χ3n) is 8.72. The first-order valence-electron chi connectivity index (χ1n) is 20.5. The van der Waals surface area contributed by atoms with Crippen molar-refractivity contribution >= 4 is 17.9 Å². The van der Waals surface area contributed by atoms with Crippen molar-refractivity contribution in [1.82, 2.24) is 0 Å². The van der Waals surface area contributed by atoms with Gasteiger partial charge in [-0.3, -0.25) is 14.4 Å². The summed E-state index contributed by atoms with van der Waals surface area (Å²) in [4.78, 5) is 37.4. The topological polar surface area (TPSA) is 78.9 Å². The second kappa shape index (κ2) is 38.4. The maximum Gasteiger partial charge on any atom is 0.306 e. The highest BCUT2D eigenvalue weighted by Gasteiger charge is 2.19. The number of unbranched alkanes of at least 4 members (excludes halogenated alkanes) is 21. The van der Waals surface area contributed by atoms with E-state index in [0.717, 1.165) is 83.5 Å². The zero-order chi connectivity index (χ0) is 35.9. The van der Waals surface area contributed by atoms with Gasteiger partial charge in [0.15, 0.2) is 6.10 Å². The molecule has 1 unspecified atom stereocenters. The molecule has 284 valence electrons. The number of hydrogen-bond acceptors (Lipinski definition) is 6. The Morgan fingerprint density at radius 3 is 1.22 bits per heavy atom.